The minimum absolute atomic E-state index is 0.00212. The number of amides is 1. The van der Waals surface area contributed by atoms with E-state index in [2.05, 4.69) is 9.88 Å². The third-order valence-electron chi connectivity index (χ3n) is 5.93. The van der Waals surface area contributed by atoms with E-state index in [-0.39, 0.29) is 11.5 Å². The lowest BCUT2D eigenvalue weighted by molar-refractivity contribution is 0.0625. The fraction of sp³-hybridized carbons (Fsp3) is 0.409. The van der Waals surface area contributed by atoms with Crippen LogP contribution in [-0.2, 0) is 19.4 Å². The van der Waals surface area contributed by atoms with Crippen LogP contribution < -0.4 is 5.56 Å². The molecule has 0 spiro atoms. The number of H-pyrrole nitrogens is 1. The van der Waals surface area contributed by atoms with Crippen molar-refractivity contribution in [2.75, 3.05) is 26.2 Å². The monoisotopic (exact) mass is 408 g/mol. The van der Waals surface area contributed by atoms with Crippen LogP contribution in [0.2, 0.25) is 0 Å². The number of nitrogens with zero attached hydrogens (tertiary/aromatic N) is 3. The van der Waals surface area contributed by atoms with Gasteiger partial charge in [-0.05, 0) is 43.4 Å². The Morgan fingerprint density at radius 1 is 1.07 bits per heavy atom. The smallest absolute Gasteiger partial charge is 0.259 e. The van der Waals surface area contributed by atoms with Crippen molar-refractivity contribution in [3.63, 3.8) is 0 Å². The molecule has 0 unspecified atom stereocenters. The number of rotatable bonds is 3. The molecule has 5 rings (SSSR count). The van der Waals surface area contributed by atoms with Gasteiger partial charge in [0.1, 0.15) is 10.7 Å². The Morgan fingerprint density at radius 2 is 1.83 bits per heavy atom. The van der Waals surface area contributed by atoms with Gasteiger partial charge in [-0.25, -0.2) is 4.98 Å². The largest absolute Gasteiger partial charge is 0.336 e. The van der Waals surface area contributed by atoms with Gasteiger partial charge >= 0.3 is 0 Å². The number of hydrogen-bond donors (Lipinski definition) is 1. The number of carbonyl (C=O) groups is 1. The van der Waals surface area contributed by atoms with Gasteiger partial charge in [0.15, 0.2) is 0 Å². The molecular formula is C22H24N4O2S. The lowest BCUT2D eigenvalue weighted by Gasteiger charge is -2.34. The zero-order valence-corrected chi connectivity index (χ0v) is 17.1. The van der Waals surface area contributed by atoms with Crippen LogP contribution in [0.3, 0.4) is 0 Å². The summed E-state index contributed by atoms with van der Waals surface area (Å²) in [6, 6.07) is 9.43. The molecule has 2 aromatic heterocycles. The van der Waals surface area contributed by atoms with E-state index in [1.165, 1.54) is 16.9 Å². The first-order valence-electron chi connectivity index (χ1n) is 10.3. The molecule has 150 valence electrons. The van der Waals surface area contributed by atoms with E-state index in [1.54, 1.807) is 11.3 Å². The van der Waals surface area contributed by atoms with Crippen molar-refractivity contribution < 1.29 is 4.79 Å². The van der Waals surface area contributed by atoms with Gasteiger partial charge in [-0.3, -0.25) is 14.5 Å². The van der Waals surface area contributed by atoms with Gasteiger partial charge in [0, 0.05) is 36.6 Å². The molecule has 1 amide bonds. The molecule has 1 aliphatic heterocycles. The van der Waals surface area contributed by atoms with Gasteiger partial charge in [-0.2, -0.15) is 0 Å². The Bertz CT molecular complexity index is 1100. The van der Waals surface area contributed by atoms with E-state index in [9.17, 15) is 9.59 Å². The van der Waals surface area contributed by atoms with Crippen molar-refractivity contribution in [1.29, 1.82) is 0 Å². The second-order valence-corrected chi connectivity index (χ2v) is 8.92. The number of hydrogen-bond acceptors (Lipinski definition) is 5. The highest BCUT2D eigenvalue weighted by Crippen LogP contribution is 2.33. The average molecular weight is 409 g/mol. The molecule has 1 fully saturated rings. The third-order valence-corrected chi connectivity index (χ3v) is 7.11. The Balaban J connectivity index is 1.28. The van der Waals surface area contributed by atoms with Crippen LogP contribution in [0.4, 0.5) is 0 Å². The quantitative estimate of drug-likeness (QED) is 0.724. The zero-order chi connectivity index (χ0) is 19.8. The highest BCUT2D eigenvalue weighted by molar-refractivity contribution is 7.18. The lowest BCUT2D eigenvalue weighted by Crippen LogP contribution is -2.48. The van der Waals surface area contributed by atoms with E-state index in [0.29, 0.717) is 19.6 Å². The lowest BCUT2D eigenvalue weighted by atomic mass is 9.97. The van der Waals surface area contributed by atoms with Crippen molar-refractivity contribution >= 4 is 27.5 Å². The summed E-state index contributed by atoms with van der Waals surface area (Å²) in [4.78, 5) is 39.5. The highest BCUT2D eigenvalue weighted by Gasteiger charge is 2.24. The van der Waals surface area contributed by atoms with Gasteiger partial charge in [0.2, 0.25) is 0 Å². The first kappa shape index (κ1) is 18.5. The molecule has 7 heteroatoms. The van der Waals surface area contributed by atoms with Crippen LogP contribution in [0.1, 0.15) is 39.5 Å². The molecule has 1 saturated heterocycles. The van der Waals surface area contributed by atoms with Gasteiger partial charge in [0.05, 0.1) is 11.9 Å². The van der Waals surface area contributed by atoms with Gasteiger partial charge in [-0.15, -0.1) is 11.3 Å². The van der Waals surface area contributed by atoms with E-state index >= 15 is 0 Å². The second-order valence-electron chi connectivity index (χ2n) is 7.84. The van der Waals surface area contributed by atoms with Crippen molar-refractivity contribution in [2.45, 2.75) is 32.2 Å². The Kier molecular flexibility index (Phi) is 4.93. The summed E-state index contributed by atoms with van der Waals surface area (Å²) >= 11 is 1.69. The highest BCUT2D eigenvalue weighted by atomic mass is 32.1. The maximum Gasteiger partial charge on any atom is 0.259 e. The van der Waals surface area contributed by atoms with Crippen LogP contribution in [-0.4, -0.2) is 51.9 Å². The van der Waals surface area contributed by atoms with Gasteiger partial charge in [-0.1, -0.05) is 18.2 Å². The number of aryl methyl sites for hydroxylation is 2. The van der Waals surface area contributed by atoms with Crippen molar-refractivity contribution in [3.05, 3.63) is 62.5 Å². The predicted molar refractivity (Wildman–Crippen MR) is 115 cm³/mol. The third kappa shape index (κ3) is 3.60. The minimum atomic E-state index is 0.00212. The van der Waals surface area contributed by atoms with Crippen LogP contribution in [0.15, 0.2) is 35.1 Å². The number of benzene rings is 1. The SMILES string of the molecule is O=C(c1ccccc1)N1CCN(Cc2nc3sc4c(c3c(=O)[nH]2)CCCC4)CC1. The minimum Gasteiger partial charge on any atom is -0.336 e. The van der Waals surface area contributed by atoms with Crippen molar-refractivity contribution in [1.82, 2.24) is 19.8 Å². The molecule has 1 aliphatic carbocycles. The number of nitrogens with one attached hydrogen (secondary N) is 1. The molecule has 0 atom stereocenters. The van der Waals surface area contributed by atoms with Crippen molar-refractivity contribution in [2.24, 2.45) is 0 Å². The fourth-order valence-electron chi connectivity index (χ4n) is 4.37. The molecular weight excluding hydrogens is 384 g/mol. The van der Waals surface area contributed by atoms with Crippen molar-refractivity contribution in [3.8, 4) is 0 Å². The molecule has 2 aliphatic rings. The van der Waals surface area contributed by atoms with E-state index in [1.807, 2.05) is 35.2 Å². The van der Waals surface area contributed by atoms with Crippen LogP contribution >= 0.6 is 11.3 Å². The van der Waals surface area contributed by atoms with Crippen LogP contribution in [0, 0.1) is 0 Å². The predicted octanol–water partition coefficient (Wildman–Crippen LogP) is 2.82. The normalized spacial score (nSPS) is 17.4. The molecule has 1 N–H and O–H groups in total. The van der Waals surface area contributed by atoms with Gasteiger partial charge < -0.3 is 9.88 Å². The number of piperazine rings is 1. The van der Waals surface area contributed by atoms with E-state index in [4.69, 9.17) is 4.98 Å². The summed E-state index contributed by atoms with van der Waals surface area (Å²) in [6.07, 6.45) is 4.43. The molecule has 1 aromatic carbocycles. The molecule has 6 nitrogen and oxygen atoms in total. The summed E-state index contributed by atoms with van der Waals surface area (Å²) in [6.45, 7) is 3.55. The first-order valence-corrected chi connectivity index (χ1v) is 11.1. The van der Waals surface area contributed by atoms with Gasteiger partial charge in [0.25, 0.3) is 11.5 Å². The topological polar surface area (TPSA) is 69.3 Å². The molecule has 3 aromatic rings. The Hall–Kier alpha value is -2.51. The zero-order valence-electron chi connectivity index (χ0n) is 16.3. The summed E-state index contributed by atoms with van der Waals surface area (Å²) in [5.74, 6) is 0.811. The maximum absolute atomic E-state index is 12.7. The molecule has 29 heavy (non-hydrogen) atoms. The van der Waals surface area contributed by atoms with E-state index < -0.39 is 0 Å². The van der Waals surface area contributed by atoms with Crippen LogP contribution in [0.5, 0.6) is 0 Å². The standard InChI is InChI=1S/C22H24N4O2S/c27-20-19-16-8-4-5-9-17(16)29-21(19)24-18(23-20)14-25-10-12-26(13-11-25)22(28)15-6-2-1-3-7-15/h1-3,6-7H,4-5,8-14H2,(H,23,24,27). The fourth-order valence-corrected chi connectivity index (χ4v) is 5.65. The summed E-state index contributed by atoms with van der Waals surface area (Å²) in [5, 5.41) is 0.812. The molecule has 0 saturated carbocycles. The average Bonchev–Trinajstić information content (AvgIpc) is 3.13. The second kappa shape index (κ2) is 7.72. The number of aromatic nitrogens is 2. The Morgan fingerprint density at radius 3 is 2.62 bits per heavy atom. The number of thiophene rings is 1. The molecule has 0 bridgehead atoms. The van der Waals surface area contributed by atoms with E-state index in [0.717, 1.165) is 54.0 Å². The summed E-state index contributed by atoms with van der Waals surface area (Å²) in [7, 11) is 0. The summed E-state index contributed by atoms with van der Waals surface area (Å²) in [5.41, 5.74) is 1.96. The van der Waals surface area contributed by atoms with Crippen LogP contribution in [0.25, 0.3) is 10.2 Å². The molecule has 3 heterocycles. The maximum atomic E-state index is 12.7. The number of fused-ring (bicyclic) bond motifs is 3. The summed E-state index contributed by atoms with van der Waals surface area (Å²) < 4.78 is 0. The Labute approximate surface area is 173 Å². The number of aromatic amines is 1. The molecule has 0 radical (unpaired) electrons. The number of carbonyl (C=O) groups excluding carboxylic acids is 1. The first-order chi connectivity index (χ1) is 14.2.